The minimum atomic E-state index is 0.223. The molecule has 0 aliphatic heterocycles. The van der Waals surface area contributed by atoms with Gasteiger partial charge in [-0.05, 0) is 24.3 Å². The zero-order chi connectivity index (χ0) is 8.81. The summed E-state index contributed by atoms with van der Waals surface area (Å²) >= 11 is 0. The molecule has 1 N–H and O–H groups in total. The fourth-order valence-corrected chi connectivity index (χ4v) is 0.731. The van der Waals surface area contributed by atoms with Crippen LogP contribution >= 0.6 is 0 Å². The van der Waals surface area contributed by atoms with Crippen LogP contribution in [-0.4, -0.2) is 5.11 Å². The second-order valence-electron chi connectivity index (χ2n) is 2.18. The summed E-state index contributed by atoms with van der Waals surface area (Å²) < 4.78 is 0. The van der Waals surface area contributed by atoms with E-state index >= 15 is 0 Å². The predicted octanol–water partition coefficient (Wildman–Crippen LogP) is 1.66. The van der Waals surface area contributed by atoms with E-state index in [0.29, 0.717) is 0 Å². The normalized spacial score (nSPS) is 7.92. The first kappa shape index (κ1) is 8.17. The van der Waals surface area contributed by atoms with Gasteiger partial charge in [0.15, 0.2) is 0 Å². The van der Waals surface area contributed by atoms with Crippen molar-refractivity contribution in [1.29, 1.82) is 5.26 Å². The Labute approximate surface area is 71.1 Å². The second-order valence-corrected chi connectivity index (χ2v) is 2.18. The minimum absolute atomic E-state index is 0.223. The summed E-state index contributed by atoms with van der Waals surface area (Å²) in [6.45, 7) is 0. The molecule has 12 heavy (non-hydrogen) atoms. The maximum absolute atomic E-state index is 8.93. The number of hydrogen-bond donors (Lipinski definition) is 1. The lowest BCUT2D eigenvalue weighted by atomic mass is 10.2. The molecule has 1 aromatic carbocycles. The quantitative estimate of drug-likeness (QED) is 0.582. The number of phenols is 1. The molecule has 0 saturated carbocycles. The van der Waals surface area contributed by atoms with Crippen LogP contribution in [0, 0.1) is 23.2 Å². The highest BCUT2D eigenvalue weighted by atomic mass is 16.3. The third-order valence-electron chi connectivity index (χ3n) is 1.27. The molecular weight excluding hydrogens is 150 g/mol. The molecule has 1 rings (SSSR count). The van der Waals surface area contributed by atoms with Gasteiger partial charge in [-0.1, -0.05) is 11.8 Å². The third-order valence-corrected chi connectivity index (χ3v) is 1.27. The number of nitrogens with zero attached hydrogens (tertiary/aromatic N) is 1. The molecule has 0 radical (unpaired) electrons. The van der Waals surface area contributed by atoms with Gasteiger partial charge >= 0.3 is 0 Å². The zero-order valence-electron chi connectivity index (χ0n) is 6.41. The van der Waals surface area contributed by atoms with E-state index in [1.54, 1.807) is 24.3 Å². The topological polar surface area (TPSA) is 44.0 Å². The minimum Gasteiger partial charge on any atom is -0.508 e. The van der Waals surface area contributed by atoms with Crippen LogP contribution in [0.4, 0.5) is 0 Å². The average Bonchev–Trinajstić information content (AvgIpc) is 2.09. The number of nitriles is 1. The lowest BCUT2D eigenvalue weighted by Gasteiger charge is -1.89. The SMILES string of the molecule is N#CCC#Cc1ccc(O)cc1. The Morgan fingerprint density at radius 2 is 1.92 bits per heavy atom. The van der Waals surface area contributed by atoms with E-state index in [4.69, 9.17) is 10.4 Å². The van der Waals surface area contributed by atoms with E-state index in [0.717, 1.165) is 5.56 Å². The Balaban J connectivity index is 2.74. The number of phenolic OH excluding ortho intramolecular Hbond substituents is 1. The van der Waals surface area contributed by atoms with Gasteiger partial charge in [0.1, 0.15) is 5.75 Å². The molecule has 2 nitrogen and oxygen atoms in total. The monoisotopic (exact) mass is 157 g/mol. The lowest BCUT2D eigenvalue weighted by Crippen LogP contribution is -1.71. The molecule has 0 spiro atoms. The van der Waals surface area contributed by atoms with Crippen molar-refractivity contribution in [2.45, 2.75) is 6.42 Å². The van der Waals surface area contributed by atoms with Gasteiger partial charge in [0.25, 0.3) is 0 Å². The lowest BCUT2D eigenvalue weighted by molar-refractivity contribution is 0.475. The summed E-state index contributed by atoms with van der Waals surface area (Å²) in [6.07, 6.45) is 0.237. The van der Waals surface area contributed by atoms with Gasteiger partial charge in [0.2, 0.25) is 0 Å². The van der Waals surface area contributed by atoms with Crippen molar-refractivity contribution in [1.82, 2.24) is 0 Å². The number of hydrogen-bond acceptors (Lipinski definition) is 2. The van der Waals surface area contributed by atoms with Gasteiger partial charge in [-0.3, -0.25) is 0 Å². The Kier molecular flexibility index (Phi) is 2.76. The van der Waals surface area contributed by atoms with Crippen LogP contribution in [0.3, 0.4) is 0 Å². The van der Waals surface area contributed by atoms with E-state index in [9.17, 15) is 0 Å². The Morgan fingerprint density at radius 3 is 2.50 bits per heavy atom. The van der Waals surface area contributed by atoms with Crippen molar-refractivity contribution in [3.8, 4) is 23.7 Å². The fourth-order valence-electron chi connectivity index (χ4n) is 0.731. The van der Waals surface area contributed by atoms with Crippen LogP contribution in [0.5, 0.6) is 5.75 Å². The molecule has 0 fully saturated rings. The fraction of sp³-hybridized carbons (Fsp3) is 0.100. The summed E-state index contributed by atoms with van der Waals surface area (Å²) in [5.41, 5.74) is 0.808. The first-order valence-electron chi connectivity index (χ1n) is 3.48. The van der Waals surface area contributed by atoms with Gasteiger partial charge in [0.05, 0.1) is 12.5 Å². The summed E-state index contributed by atoms with van der Waals surface area (Å²) in [5.74, 6) is 5.69. The van der Waals surface area contributed by atoms with E-state index in [1.165, 1.54) is 0 Å². The average molecular weight is 157 g/mol. The maximum atomic E-state index is 8.93. The highest BCUT2D eigenvalue weighted by molar-refractivity contribution is 5.37. The van der Waals surface area contributed by atoms with Crippen LogP contribution in [0.1, 0.15) is 12.0 Å². The molecule has 0 amide bonds. The van der Waals surface area contributed by atoms with Crippen LogP contribution < -0.4 is 0 Å². The number of benzene rings is 1. The Bertz CT molecular complexity index is 348. The third kappa shape index (κ3) is 2.36. The van der Waals surface area contributed by atoms with Crippen molar-refractivity contribution in [3.05, 3.63) is 29.8 Å². The van der Waals surface area contributed by atoms with Crippen molar-refractivity contribution < 1.29 is 5.11 Å². The van der Waals surface area contributed by atoms with Crippen molar-refractivity contribution in [3.63, 3.8) is 0 Å². The first-order valence-corrected chi connectivity index (χ1v) is 3.48. The molecule has 0 saturated heterocycles. The molecule has 0 bridgehead atoms. The smallest absolute Gasteiger partial charge is 0.115 e. The summed E-state index contributed by atoms with van der Waals surface area (Å²) in [4.78, 5) is 0. The van der Waals surface area contributed by atoms with E-state index in [-0.39, 0.29) is 12.2 Å². The molecule has 2 heteroatoms. The standard InChI is InChI=1S/C10H7NO/c11-8-2-1-3-9-4-6-10(12)7-5-9/h4-7,12H,2H2. The molecule has 0 aliphatic rings. The molecule has 58 valence electrons. The first-order chi connectivity index (χ1) is 5.83. The van der Waals surface area contributed by atoms with Crippen LogP contribution in [0.15, 0.2) is 24.3 Å². The van der Waals surface area contributed by atoms with E-state index < -0.39 is 0 Å². The summed E-state index contributed by atoms with van der Waals surface area (Å²) in [5, 5.41) is 17.1. The van der Waals surface area contributed by atoms with Gasteiger partial charge in [-0.25, -0.2) is 0 Å². The van der Waals surface area contributed by atoms with E-state index in [1.807, 2.05) is 6.07 Å². The largest absolute Gasteiger partial charge is 0.508 e. The molecule has 0 atom stereocenters. The highest BCUT2D eigenvalue weighted by Crippen LogP contribution is 2.08. The maximum Gasteiger partial charge on any atom is 0.115 e. The van der Waals surface area contributed by atoms with Crippen LogP contribution in [-0.2, 0) is 0 Å². The second kappa shape index (κ2) is 4.05. The zero-order valence-corrected chi connectivity index (χ0v) is 6.41. The van der Waals surface area contributed by atoms with E-state index in [2.05, 4.69) is 11.8 Å². The van der Waals surface area contributed by atoms with Crippen molar-refractivity contribution in [2.24, 2.45) is 0 Å². The summed E-state index contributed by atoms with van der Waals surface area (Å²) in [6, 6.07) is 8.47. The molecule has 0 aliphatic carbocycles. The number of rotatable bonds is 0. The molecule has 0 unspecified atom stereocenters. The Hall–Kier alpha value is -1.93. The highest BCUT2D eigenvalue weighted by Gasteiger charge is 1.86. The molecule has 1 aromatic rings. The molecular formula is C10H7NO. The van der Waals surface area contributed by atoms with Crippen LogP contribution in [0.2, 0.25) is 0 Å². The van der Waals surface area contributed by atoms with Gasteiger partial charge in [0, 0.05) is 5.56 Å². The Morgan fingerprint density at radius 1 is 1.25 bits per heavy atom. The van der Waals surface area contributed by atoms with Gasteiger partial charge in [-0.15, -0.1) is 0 Å². The molecule has 0 heterocycles. The predicted molar refractivity (Wildman–Crippen MR) is 45.2 cm³/mol. The van der Waals surface area contributed by atoms with Gasteiger partial charge < -0.3 is 5.11 Å². The number of aromatic hydroxyl groups is 1. The van der Waals surface area contributed by atoms with Crippen LogP contribution in [0.25, 0.3) is 0 Å². The summed E-state index contributed by atoms with van der Waals surface area (Å²) in [7, 11) is 0. The molecule has 0 aromatic heterocycles. The van der Waals surface area contributed by atoms with Crippen molar-refractivity contribution in [2.75, 3.05) is 0 Å². The van der Waals surface area contributed by atoms with Crippen molar-refractivity contribution >= 4 is 0 Å². The van der Waals surface area contributed by atoms with Gasteiger partial charge in [-0.2, -0.15) is 5.26 Å².